The van der Waals surface area contributed by atoms with Gasteiger partial charge in [-0.15, -0.1) is 11.3 Å². The van der Waals surface area contributed by atoms with E-state index in [1.54, 1.807) is 36.4 Å². The lowest BCUT2D eigenvalue weighted by Crippen LogP contribution is -2.35. The Morgan fingerprint density at radius 1 is 1.09 bits per heavy atom. The Balaban J connectivity index is 2.02. The van der Waals surface area contributed by atoms with Crippen molar-refractivity contribution in [1.29, 1.82) is 0 Å². The summed E-state index contributed by atoms with van der Waals surface area (Å²) < 4.78 is 0. The monoisotopic (exact) mass is 317 g/mol. The zero-order chi connectivity index (χ0) is 15.9. The molecule has 22 heavy (non-hydrogen) atoms. The minimum atomic E-state index is -0.379. The van der Waals surface area contributed by atoms with Gasteiger partial charge in [0.25, 0.3) is 11.8 Å². The second-order valence-electron chi connectivity index (χ2n) is 4.37. The van der Waals surface area contributed by atoms with Crippen LogP contribution in [0.3, 0.4) is 0 Å². The van der Waals surface area contributed by atoms with Gasteiger partial charge in [-0.05, 0) is 29.6 Å². The number of thiophene rings is 1. The standard InChI is InChI=1S/C15H15N3O3S/c1-16-13(19)9-17-14(20)10-4-2-5-11(8-10)18-15(21)12-6-3-7-22-12/h2-8H,9H2,1H3,(H,16,19)(H,17,20)(H,18,21). The molecule has 0 fully saturated rings. The van der Waals surface area contributed by atoms with Gasteiger partial charge in [-0.1, -0.05) is 12.1 Å². The Bertz CT molecular complexity index is 683. The van der Waals surface area contributed by atoms with Gasteiger partial charge in [-0.2, -0.15) is 0 Å². The predicted octanol–water partition coefficient (Wildman–Crippen LogP) is 1.48. The molecular formula is C15H15N3O3S. The van der Waals surface area contributed by atoms with E-state index in [2.05, 4.69) is 16.0 Å². The molecule has 0 radical (unpaired) electrons. The summed E-state index contributed by atoms with van der Waals surface area (Å²) in [6.07, 6.45) is 0. The molecule has 6 nitrogen and oxygen atoms in total. The maximum Gasteiger partial charge on any atom is 0.265 e. The lowest BCUT2D eigenvalue weighted by Gasteiger charge is -2.07. The van der Waals surface area contributed by atoms with Crippen LogP contribution in [0.2, 0.25) is 0 Å². The van der Waals surface area contributed by atoms with Crippen LogP contribution in [-0.2, 0) is 4.79 Å². The van der Waals surface area contributed by atoms with E-state index in [4.69, 9.17) is 0 Å². The molecule has 114 valence electrons. The van der Waals surface area contributed by atoms with Gasteiger partial charge in [-0.25, -0.2) is 0 Å². The van der Waals surface area contributed by atoms with E-state index in [1.165, 1.54) is 18.4 Å². The number of benzene rings is 1. The minimum Gasteiger partial charge on any atom is -0.358 e. The summed E-state index contributed by atoms with van der Waals surface area (Å²) >= 11 is 1.34. The van der Waals surface area contributed by atoms with Crippen molar-refractivity contribution in [2.75, 3.05) is 18.9 Å². The van der Waals surface area contributed by atoms with Crippen molar-refractivity contribution in [1.82, 2.24) is 10.6 Å². The van der Waals surface area contributed by atoms with Crippen molar-refractivity contribution in [3.05, 3.63) is 52.2 Å². The first-order valence-corrected chi connectivity index (χ1v) is 7.42. The summed E-state index contributed by atoms with van der Waals surface area (Å²) in [6, 6.07) is 10.0. The fraction of sp³-hybridized carbons (Fsp3) is 0.133. The van der Waals surface area contributed by atoms with Crippen LogP contribution in [0, 0.1) is 0 Å². The van der Waals surface area contributed by atoms with Gasteiger partial charge >= 0.3 is 0 Å². The van der Waals surface area contributed by atoms with Crippen LogP contribution in [0.4, 0.5) is 5.69 Å². The molecule has 0 bridgehead atoms. The Hall–Kier alpha value is -2.67. The number of rotatable bonds is 5. The first-order chi connectivity index (χ1) is 10.6. The van der Waals surface area contributed by atoms with Crippen molar-refractivity contribution < 1.29 is 14.4 Å². The van der Waals surface area contributed by atoms with E-state index >= 15 is 0 Å². The van der Waals surface area contributed by atoms with Gasteiger partial charge in [0, 0.05) is 18.3 Å². The van der Waals surface area contributed by atoms with Crippen molar-refractivity contribution in [2.45, 2.75) is 0 Å². The highest BCUT2D eigenvalue weighted by molar-refractivity contribution is 7.12. The van der Waals surface area contributed by atoms with E-state index in [0.29, 0.717) is 16.1 Å². The summed E-state index contributed by atoms with van der Waals surface area (Å²) in [4.78, 5) is 35.6. The Morgan fingerprint density at radius 3 is 2.59 bits per heavy atom. The SMILES string of the molecule is CNC(=O)CNC(=O)c1cccc(NC(=O)c2cccs2)c1. The lowest BCUT2D eigenvalue weighted by molar-refractivity contribution is -0.119. The first kappa shape index (κ1) is 15.7. The molecule has 1 heterocycles. The normalized spacial score (nSPS) is 9.86. The summed E-state index contributed by atoms with van der Waals surface area (Å²) in [6.45, 7) is -0.0961. The second kappa shape index (κ2) is 7.37. The van der Waals surface area contributed by atoms with Crippen LogP contribution in [0.5, 0.6) is 0 Å². The number of hydrogen-bond donors (Lipinski definition) is 3. The molecule has 0 saturated carbocycles. The maximum absolute atomic E-state index is 12.0. The minimum absolute atomic E-state index is 0.0961. The third kappa shape index (κ3) is 4.16. The molecule has 0 aliphatic rings. The molecule has 1 aromatic heterocycles. The lowest BCUT2D eigenvalue weighted by atomic mass is 10.2. The number of carbonyl (C=O) groups excluding carboxylic acids is 3. The topological polar surface area (TPSA) is 87.3 Å². The molecule has 3 amide bonds. The highest BCUT2D eigenvalue weighted by atomic mass is 32.1. The van der Waals surface area contributed by atoms with Gasteiger partial charge in [0.05, 0.1) is 11.4 Å². The molecule has 0 spiro atoms. The maximum atomic E-state index is 12.0. The molecule has 1 aromatic carbocycles. The third-order valence-electron chi connectivity index (χ3n) is 2.82. The number of anilines is 1. The highest BCUT2D eigenvalue weighted by Gasteiger charge is 2.10. The highest BCUT2D eigenvalue weighted by Crippen LogP contribution is 2.14. The fourth-order valence-corrected chi connectivity index (χ4v) is 2.31. The largest absolute Gasteiger partial charge is 0.358 e. The van der Waals surface area contributed by atoms with Crippen molar-refractivity contribution in [3.8, 4) is 0 Å². The van der Waals surface area contributed by atoms with Crippen LogP contribution in [-0.4, -0.2) is 31.3 Å². The van der Waals surface area contributed by atoms with Crippen molar-refractivity contribution in [2.24, 2.45) is 0 Å². The van der Waals surface area contributed by atoms with Gasteiger partial charge in [-0.3, -0.25) is 14.4 Å². The quantitative estimate of drug-likeness (QED) is 0.780. The number of nitrogens with one attached hydrogen (secondary N) is 3. The number of hydrogen-bond acceptors (Lipinski definition) is 4. The van der Waals surface area contributed by atoms with Crippen LogP contribution >= 0.6 is 11.3 Å². The number of amides is 3. The molecule has 2 aromatic rings. The molecular weight excluding hydrogens is 302 g/mol. The van der Waals surface area contributed by atoms with Gasteiger partial charge in [0.1, 0.15) is 0 Å². The summed E-state index contributed by atoms with van der Waals surface area (Å²) in [7, 11) is 1.50. The van der Waals surface area contributed by atoms with Crippen LogP contribution < -0.4 is 16.0 Å². The van der Waals surface area contributed by atoms with Crippen molar-refractivity contribution in [3.63, 3.8) is 0 Å². The van der Waals surface area contributed by atoms with Gasteiger partial charge in [0.15, 0.2) is 0 Å². The molecule has 7 heteroatoms. The van der Waals surface area contributed by atoms with E-state index in [1.807, 2.05) is 5.38 Å². The van der Waals surface area contributed by atoms with Crippen LogP contribution in [0.15, 0.2) is 41.8 Å². The molecule has 3 N–H and O–H groups in total. The average molecular weight is 317 g/mol. The van der Waals surface area contributed by atoms with Gasteiger partial charge in [0.2, 0.25) is 5.91 Å². The van der Waals surface area contributed by atoms with Crippen LogP contribution in [0.1, 0.15) is 20.0 Å². The van der Waals surface area contributed by atoms with E-state index in [0.717, 1.165) is 0 Å². The zero-order valence-electron chi connectivity index (χ0n) is 11.9. The summed E-state index contributed by atoms with van der Waals surface area (Å²) in [5, 5.41) is 9.46. The zero-order valence-corrected chi connectivity index (χ0v) is 12.7. The predicted molar refractivity (Wildman–Crippen MR) is 85.1 cm³/mol. The summed E-state index contributed by atoms with van der Waals surface area (Å²) in [5.74, 6) is -0.885. The average Bonchev–Trinajstić information content (AvgIpc) is 3.07. The first-order valence-electron chi connectivity index (χ1n) is 6.54. The molecule has 0 aliphatic heterocycles. The van der Waals surface area contributed by atoms with Gasteiger partial charge < -0.3 is 16.0 Å². The Morgan fingerprint density at radius 2 is 1.91 bits per heavy atom. The second-order valence-corrected chi connectivity index (χ2v) is 5.32. The molecule has 0 saturated heterocycles. The molecule has 0 unspecified atom stereocenters. The Labute approximate surface area is 131 Å². The number of likely N-dealkylation sites (N-methyl/N-ethyl adjacent to an activating group) is 1. The molecule has 2 rings (SSSR count). The number of carbonyl (C=O) groups is 3. The van der Waals surface area contributed by atoms with E-state index < -0.39 is 0 Å². The third-order valence-corrected chi connectivity index (χ3v) is 3.68. The van der Waals surface area contributed by atoms with E-state index in [9.17, 15) is 14.4 Å². The smallest absolute Gasteiger partial charge is 0.265 e. The van der Waals surface area contributed by atoms with Crippen molar-refractivity contribution >= 4 is 34.7 Å². The summed E-state index contributed by atoms with van der Waals surface area (Å²) in [5.41, 5.74) is 0.888. The Kier molecular flexibility index (Phi) is 5.26. The fourth-order valence-electron chi connectivity index (χ4n) is 1.69. The van der Waals surface area contributed by atoms with Crippen LogP contribution in [0.25, 0.3) is 0 Å². The molecule has 0 aliphatic carbocycles. The van der Waals surface area contributed by atoms with E-state index in [-0.39, 0.29) is 24.3 Å². The molecule has 0 atom stereocenters.